The normalized spacial score (nSPS) is 12.2. The largest absolute Gasteiger partial charge is 0.325 e. The molecule has 0 saturated carbocycles. The average Bonchev–Trinajstić information content (AvgIpc) is 2.48. The van der Waals surface area contributed by atoms with Gasteiger partial charge in [0, 0.05) is 17.3 Å². The van der Waals surface area contributed by atoms with Crippen molar-refractivity contribution in [3.8, 4) is 0 Å². The Morgan fingerprint density at radius 1 is 1.27 bits per heavy atom. The van der Waals surface area contributed by atoms with Gasteiger partial charge in [-0.05, 0) is 55.9 Å². The van der Waals surface area contributed by atoms with Gasteiger partial charge in [-0.15, -0.1) is 0 Å². The molecule has 0 spiro atoms. The van der Waals surface area contributed by atoms with Gasteiger partial charge in [-0.2, -0.15) is 0 Å². The summed E-state index contributed by atoms with van der Waals surface area (Å²) < 4.78 is 13.2. The molecule has 1 amide bonds. The van der Waals surface area contributed by atoms with Crippen molar-refractivity contribution in [3.05, 3.63) is 64.9 Å². The predicted molar refractivity (Wildman–Crippen MR) is 87.4 cm³/mol. The van der Waals surface area contributed by atoms with E-state index in [4.69, 9.17) is 11.6 Å². The Balaban J connectivity index is 1.95. The summed E-state index contributed by atoms with van der Waals surface area (Å²) in [6, 6.07) is 13.0. The molecule has 0 radical (unpaired) electrons. The van der Waals surface area contributed by atoms with Crippen LogP contribution < -0.4 is 5.32 Å². The van der Waals surface area contributed by atoms with Crippen LogP contribution in [0.25, 0.3) is 0 Å². The Bertz CT molecular complexity index is 645. The fourth-order valence-electron chi connectivity index (χ4n) is 2.04. The molecule has 0 unspecified atom stereocenters. The van der Waals surface area contributed by atoms with Crippen LogP contribution in [0, 0.1) is 5.82 Å². The zero-order valence-electron chi connectivity index (χ0n) is 12.5. The second-order valence-electron chi connectivity index (χ2n) is 5.22. The first kappa shape index (κ1) is 16.5. The van der Waals surface area contributed by atoms with E-state index >= 15 is 0 Å². The van der Waals surface area contributed by atoms with Crippen LogP contribution in [0.4, 0.5) is 10.1 Å². The second-order valence-corrected chi connectivity index (χ2v) is 5.65. The molecule has 116 valence electrons. The number of halogens is 2. The number of likely N-dealkylation sites (N-methyl/N-ethyl adjacent to an activating group) is 1. The third kappa shape index (κ3) is 4.55. The molecular formula is C17H18ClFN2O. The molecule has 0 saturated heterocycles. The standard InChI is InChI=1S/C17H18ClFN2O/c1-12(17(22)20-16-8-6-14(18)7-9-16)21(2)11-13-4-3-5-15(19)10-13/h3-10,12H,11H2,1-2H3,(H,20,22)/t12-/m0/s1. The lowest BCUT2D eigenvalue weighted by Crippen LogP contribution is -2.39. The second kappa shape index (κ2) is 7.38. The number of carbonyl (C=O) groups is 1. The van der Waals surface area contributed by atoms with Crippen molar-refractivity contribution >= 4 is 23.2 Å². The molecule has 5 heteroatoms. The zero-order valence-corrected chi connectivity index (χ0v) is 13.3. The van der Waals surface area contributed by atoms with Gasteiger partial charge in [-0.3, -0.25) is 9.69 Å². The van der Waals surface area contributed by atoms with Crippen molar-refractivity contribution in [1.29, 1.82) is 0 Å². The Hall–Kier alpha value is -1.91. The van der Waals surface area contributed by atoms with Gasteiger partial charge < -0.3 is 5.32 Å². The molecule has 0 bridgehead atoms. The van der Waals surface area contributed by atoms with Gasteiger partial charge in [0.05, 0.1) is 6.04 Å². The minimum absolute atomic E-state index is 0.124. The highest BCUT2D eigenvalue weighted by Gasteiger charge is 2.18. The Morgan fingerprint density at radius 3 is 2.59 bits per heavy atom. The fraction of sp³-hybridized carbons (Fsp3) is 0.235. The lowest BCUT2D eigenvalue weighted by molar-refractivity contribution is -0.120. The van der Waals surface area contributed by atoms with Crippen LogP contribution in [-0.4, -0.2) is 23.9 Å². The summed E-state index contributed by atoms with van der Waals surface area (Å²) in [5.74, 6) is -0.398. The molecule has 1 atom stereocenters. The number of rotatable bonds is 5. The van der Waals surface area contributed by atoms with Crippen molar-refractivity contribution in [1.82, 2.24) is 4.90 Å². The molecule has 22 heavy (non-hydrogen) atoms. The lowest BCUT2D eigenvalue weighted by Gasteiger charge is -2.24. The maximum atomic E-state index is 13.2. The maximum Gasteiger partial charge on any atom is 0.241 e. The van der Waals surface area contributed by atoms with E-state index in [0.29, 0.717) is 17.3 Å². The average molecular weight is 321 g/mol. The van der Waals surface area contributed by atoms with E-state index in [1.807, 2.05) is 24.9 Å². The van der Waals surface area contributed by atoms with Crippen LogP contribution in [0.1, 0.15) is 12.5 Å². The van der Waals surface area contributed by atoms with E-state index in [0.717, 1.165) is 5.56 Å². The molecule has 1 N–H and O–H groups in total. The van der Waals surface area contributed by atoms with Crippen LogP contribution >= 0.6 is 11.6 Å². The summed E-state index contributed by atoms with van der Waals surface area (Å²) in [4.78, 5) is 14.1. The van der Waals surface area contributed by atoms with E-state index in [9.17, 15) is 9.18 Å². The lowest BCUT2D eigenvalue weighted by atomic mass is 10.2. The topological polar surface area (TPSA) is 32.3 Å². The molecule has 2 aromatic carbocycles. The fourth-order valence-corrected chi connectivity index (χ4v) is 2.17. The molecule has 2 aromatic rings. The highest BCUT2D eigenvalue weighted by molar-refractivity contribution is 6.30. The van der Waals surface area contributed by atoms with Gasteiger partial charge in [-0.25, -0.2) is 4.39 Å². The van der Waals surface area contributed by atoms with E-state index in [-0.39, 0.29) is 17.8 Å². The molecule has 0 aromatic heterocycles. The molecule has 0 aliphatic rings. The zero-order chi connectivity index (χ0) is 16.1. The van der Waals surface area contributed by atoms with Crippen LogP contribution in [-0.2, 0) is 11.3 Å². The summed E-state index contributed by atoms with van der Waals surface area (Å²) in [6.07, 6.45) is 0. The van der Waals surface area contributed by atoms with Crippen molar-refractivity contribution < 1.29 is 9.18 Å². The number of anilines is 1. The highest BCUT2D eigenvalue weighted by Crippen LogP contribution is 2.15. The number of carbonyl (C=O) groups excluding carboxylic acids is 1. The van der Waals surface area contributed by atoms with Gasteiger partial charge in [0.15, 0.2) is 0 Å². The number of benzene rings is 2. The Kier molecular flexibility index (Phi) is 5.52. The van der Waals surface area contributed by atoms with Crippen LogP contribution in [0.3, 0.4) is 0 Å². The third-order valence-corrected chi connectivity index (χ3v) is 3.73. The van der Waals surface area contributed by atoms with Gasteiger partial charge in [0.1, 0.15) is 5.82 Å². The predicted octanol–water partition coefficient (Wildman–Crippen LogP) is 3.94. The molecule has 3 nitrogen and oxygen atoms in total. The summed E-state index contributed by atoms with van der Waals surface area (Å²) in [5, 5.41) is 3.45. The Morgan fingerprint density at radius 2 is 1.95 bits per heavy atom. The Labute approximate surface area is 134 Å². The summed E-state index contributed by atoms with van der Waals surface area (Å²) in [6.45, 7) is 2.30. The first-order valence-corrected chi connectivity index (χ1v) is 7.34. The monoisotopic (exact) mass is 320 g/mol. The number of nitrogens with one attached hydrogen (secondary N) is 1. The number of nitrogens with zero attached hydrogens (tertiary/aromatic N) is 1. The quantitative estimate of drug-likeness (QED) is 0.905. The molecule has 0 fully saturated rings. The van der Waals surface area contributed by atoms with Crippen molar-refractivity contribution in [2.45, 2.75) is 19.5 Å². The molecule has 2 rings (SSSR count). The van der Waals surface area contributed by atoms with E-state index < -0.39 is 0 Å². The minimum Gasteiger partial charge on any atom is -0.325 e. The minimum atomic E-state index is -0.348. The summed E-state index contributed by atoms with van der Waals surface area (Å²) in [5.41, 5.74) is 1.52. The number of amides is 1. The first-order chi connectivity index (χ1) is 10.5. The highest BCUT2D eigenvalue weighted by atomic mass is 35.5. The summed E-state index contributed by atoms with van der Waals surface area (Å²) in [7, 11) is 1.83. The van der Waals surface area contributed by atoms with Crippen LogP contribution in [0.15, 0.2) is 48.5 Å². The van der Waals surface area contributed by atoms with Crippen molar-refractivity contribution in [3.63, 3.8) is 0 Å². The van der Waals surface area contributed by atoms with Gasteiger partial charge in [-0.1, -0.05) is 23.7 Å². The van der Waals surface area contributed by atoms with Gasteiger partial charge in [0.25, 0.3) is 0 Å². The van der Waals surface area contributed by atoms with E-state index in [2.05, 4.69) is 5.32 Å². The molecule has 0 aliphatic carbocycles. The molecule has 0 aliphatic heterocycles. The molecule has 0 heterocycles. The number of hydrogen-bond donors (Lipinski definition) is 1. The number of hydrogen-bond acceptors (Lipinski definition) is 2. The van der Waals surface area contributed by atoms with Crippen LogP contribution in [0.5, 0.6) is 0 Å². The SMILES string of the molecule is C[C@@H](C(=O)Nc1ccc(Cl)cc1)N(C)Cc1cccc(F)c1. The van der Waals surface area contributed by atoms with E-state index in [1.54, 1.807) is 30.3 Å². The third-order valence-electron chi connectivity index (χ3n) is 3.47. The van der Waals surface area contributed by atoms with Crippen molar-refractivity contribution in [2.24, 2.45) is 0 Å². The van der Waals surface area contributed by atoms with Gasteiger partial charge >= 0.3 is 0 Å². The first-order valence-electron chi connectivity index (χ1n) is 6.97. The maximum absolute atomic E-state index is 13.2. The van der Waals surface area contributed by atoms with Crippen LogP contribution in [0.2, 0.25) is 5.02 Å². The molecular weight excluding hydrogens is 303 g/mol. The van der Waals surface area contributed by atoms with E-state index in [1.165, 1.54) is 12.1 Å². The van der Waals surface area contributed by atoms with Gasteiger partial charge in [0.2, 0.25) is 5.91 Å². The smallest absolute Gasteiger partial charge is 0.241 e. The van der Waals surface area contributed by atoms with Crippen molar-refractivity contribution in [2.75, 3.05) is 12.4 Å². The summed E-state index contributed by atoms with van der Waals surface area (Å²) >= 11 is 5.81.